The summed E-state index contributed by atoms with van der Waals surface area (Å²) in [5.74, 6) is 0.526. The van der Waals surface area contributed by atoms with Gasteiger partial charge in [0.05, 0.1) is 0 Å². The van der Waals surface area contributed by atoms with Crippen LogP contribution in [0.4, 0.5) is 0 Å². The molecule has 0 saturated heterocycles. The largest absolute Gasteiger partial charge is 0.306 e. The van der Waals surface area contributed by atoms with Crippen molar-refractivity contribution in [2.75, 3.05) is 0 Å². The van der Waals surface area contributed by atoms with Gasteiger partial charge >= 0.3 is 0 Å². The number of halogens is 1. The lowest BCUT2D eigenvalue weighted by molar-refractivity contribution is 0.410. The molecule has 1 unspecified atom stereocenters. The Labute approximate surface area is 132 Å². The minimum atomic E-state index is 0.339. The number of pyridine rings is 1. The maximum Gasteiger partial charge on any atom is 0.129 e. The molecule has 1 aromatic carbocycles. The lowest BCUT2D eigenvalue weighted by Crippen LogP contribution is -2.25. The number of benzene rings is 1. The fourth-order valence-electron chi connectivity index (χ4n) is 2.44. The van der Waals surface area contributed by atoms with Crippen LogP contribution in [0.1, 0.15) is 43.5 Å². The maximum absolute atomic E-state index is 5.82. The Morgan fingerprint density at radius 1 is 1.05 bits per heavy atom. The third-order valence-corrected chi connectivity index (χ3v) is 3.95. The molecule has 2 aromatic rings. The average molecular weight is 303 g/mol. The van der Waals surface area contributed by atoms with E-state index < -0.39 is 0 Å². The summed E-state index contributed by atoms with van der Waals surface area (Å²) in [7, 11) is 0. The molecule has 0 fully saturated rings. The number of hydrogen-bond donors (Lipinski definition) is 1. The number of nitrogens with one attached hydrogen (secondary N) is 1. The van der Waals surface area contributed by atoms with E-state index in [2.05, 4.69) is 55.3 Å². The molecule has 1 aromatic heterocycles. The standard InChI is InChI=1S/C18H23ClN2/c1-4-14-5-8-16(9-6-14)18(13(2)3)21-12-15-7-10-17(19)20-11-15/h5-11,13,18,21H,4,12H2,1-3H3. The zero-order valence-electron chi connectivity index (χ0n) is 12.9. The predicted molar refractivity (Wildman–Crippen MR) is 89.5 cm³/mol. The molecule has 21 heavy (non-hydrogen) atoms. The number of rotatable bonds is 6. The fourth-order valence-corrected chi connectivity index (χ4v) is 2.55. The van der Waals surface area contributed by atoms with Gasteiger partial charge in [0, 0.05) is 18.8 Å². The summed E-state index contributed by atoms with van der Waals surface area (Å²) in [4.78, 5) is 4.12. The van der Waals surface area contributed by atoms with Crippen LogP contribution in [0.3, 0.4) is 0 Å². The molecule has 0 spiro atoms. The van der Waals surface area contributed by atoms with Crippen molar-refractivity contribution in [2.24, 2.45) is 5.92 Å². The van der Waals surface area contributed by atoms with Crippen LogP contribution in [-0.2, 0) is 13.0 Å². The lowest BCUT2D eigenvalue weighted by atomic mass is 9.94. The summed E-state index contributed by atoms with van der Waals surface area (Å²) in [5, 5.41) is 4.16. The molecule has 2 rings (SSSR count). The number of aromatic nitrogens is 1. The lowest BCUT2D eigenvalue weighted by Gasteiger charge is -2.23. The Morgan fingerprint density at radius 2 is 1.71 bits per heavy atom. The second-order valence-corrected chi connectivity index (χ2v) is 6.07. The van der Waals surface area contributed by atoms with E-state index in [0.29, 0.717) is 17.1 Å². The van der Waals surface area contributed by atoms with E-state index in [1.165, 1.54) is 11.1 Å². The molecule has 0 aliphatic carbocycles. The molecule has 1 atom stereocenters. The molecule has 0 amide bonds. The van der Waals surface area contributed by atoms with Gasteiger partial charge in [0.2, 0.25) is 0 Å². The van der Waals surface area contributed by atoms with Gasteiger partial charge in [-0.1, -0.05) is 62.7 Å². The SMILES string of the molecule is CCc1ccc(C(NCc2ccc(Cl)nc2)C(C)C)cc1. The maximum atomic E-state index is 5.82. The summed E-state index contributed by atoms with van der Waals surface area (Å²) in [5.41, 5.74) is 3.86. The van der Waals surface area contributed by atoms with Gasteiger partial charge in [-0.25, -0.2) is 4.98 Å². The third kappa shape index (κ3) is 4.55. The summed E-state index contributed by atoms with van der Waals surface area (Å²) >= 11 is 5.82. The minimum absolute atomic E-state index is 0.339. The van der Waals surface area contributed by atoms with Crippen LogP contribution >= 0.6 is 11.6 Å². The first-order chi connectivity index (χ1) is 10.1. The van der Waals surface area contributed by atoms with E-state index in [1.807, 2.05) is 18.3 Å². The van der Waals surface area contributed by atoms with E-state index in [-0.39, 0.29) is 0 Å². The van der Waals surface area contributed by atoms with E-state index >= 15 is 0 Å². The van der Waals surface area contributed by atoms with Crippen LogP contribution < -0.4 is 5.32 Å². The average Bonchev–Trinajstić information content (AvgIpc) is 2.49. The van der Waals surface area contributed by atoms with Crippen molar-refractivity contribution in [3.63, 3.8) is 0 Å². The first-order valence-electron chi connectivity index (χ1n) is 7.52. The molecule has 3 heteroatoms. The van der Waals surface area contributed by atoms with Crippen molar-refractivity contribution in [3.8, 4) is 0 Å². The molecule has 1 heterocycles. The van der Waals surface area contributed by atoms with Crippen LogP contribution in [0.2, 0.25) is 5.15 Å². The van der Waals surface area contributed by atoms with Crippen molar-refractivity contribution in [1.29, 1.82) is 0 Å². The van der Waals surface area contributed by atoms with Gasteiger partial charge in [0.15, 0.2) is 0 Å². The summed E-state index contributed by atoms with van der Waals surface area (Å²) in [6, 6.07) is 13.1. The van der Waals surface area contributed by atoms with Crippen molar-refractivity contribution >= 4 is 11.6 Å². The van der Waals surface area contributed by atoms with E-state index in [1.54, 1.807) is 0 Å². The topological polar surface area (TPSA) is 24.9 Å². The number of hydrogen-bond acceptors (Lipinski definition) is 2. The van der Waals surface area contributed by atoms with Gasteiger partial charge in [-0.2, -0.15) is 0 Å². The van der Waals surface area contributed by atoms with Gasteiger partial charge in [0.1, 0.15) is 5.15 Å². The van der Waals surface area contributed by atoms with Gasteiger partial charge in [0.25, 0.3) is 0 Å². The van der Waals surface area contributed by atoms with E-state index in [0.717, 1.165) is 18.5 Å². The summed E-state index contributed by atoms with van der Waals surface area (Å²) in [6.45, 7) is 7.46. The molecule has 1 N–H and O–H groups in total. The Morgan fingerprint density at radius 3 is 2.24 bits per heavy atom. The first kappa shape index (κ1) is 16.0. The molecule has 0 saturated carbocycles. The van der Waals surface area contributed by atoms with Crippen molar-refractivity contribution in [1.82, 2.24) is 10.3 Å². The molecular weight excluding hydrogens is 280 g/mol. The monoisotopic (exact) mass is 302 g/mol. The van der Waals surface area contributed by atoms with Crippen LogP contribution in [0.15, 0.2) is 42.6 Å². The fraction of sp³-hybridized carbons (Fsp3) is 0.389. The second kappa shape index (κ2) is 7.58. The van der Waals surface area contributed by atoms with Gasteiger partial charge in [-0.15, -0.1) is 0 Å². The van der Waals surface area contributed by atoms with Crippen LogP contribution in [0, 0.1) is 5.92 Å². The Kier molecular flexibility index (Phi) is 5.77. The van der Waals surface area contributed by atoms with E-state index in [9.17, 15) is 0 Å². The highest BCUT2D eigenvalue weighted by molar-refractivity contribution is 6.29. The highest BCUT2D eigenvalue weighted by atomic mass is 35.5. The molecule has 112 valence electrons. The van der Waals surface area contributed by atoms with Crippen molar-refractivity contribution in [3.05, 3.63) is 64.4 Å². The molecule has 2 nitrogen and oxygen atoms in total. The van der Waals surface area contributed by atoms with E-state index in [4.69, 9.17) is 11.6 Å². The first-order valence-corrected chi connectivity index (χ1v) is 7.90. The Balaban J connectivity index is 2.06. The Bertz CT molecular complexity index is 546. The molecular formula is C18H23ClN2. The number of aryl methyl sites for hydroxylation is 1. The van der Waals surface area contributed by atoms with Crippen molar-refractivity contribution < 1.29 is 0 Å². The summed E-state index contributed by atoms with van der Waals surface area (Å²) < 4.78 is 0. The quantitative estimate of drug-likeness (QED) is 0.776. The van der Waals surface area contributed by atoms with Gasteiger partial charge in [-0.3, -0.25) is 0 Å². The Hall–Kier alpha value is -1.38. The molecule has 0 radical (unpaired) electrons. The third-order valence-electron chi connectivity index (χ3n) is 3.73. The second-order valence-electron chi connectivity index (χ2n) is 5.69. The normalized spacial score (nSPS) is 12.6. The highest BCUT2D eigenvalue weighted by Crippen LogP contribution is 2.23. The van der Waals surface area contributed by atoms with Crippen LogP contribution in [0.5, 0.6) is 0 Å². The molecule has 0 aliphatic heterocycles. The summed E-state index contributed by atoms with van der Waals surface area (Å²) in [6.07, 6.45) is 2.91. The zero-order chi connectivity index (χ0) is 15.2. The minimum Gasteiger partial charge on any atom is -0.306 e. The molecule has 0 bridgehead atoms. The van der Waals surface area contributed by atoms with Crippen LogP contribution in [0.25, 0.3) is 0 Å². The van der Waals surface area contributed by atoms with Crippen molar-refractivity contribution in [2.45, 2.75) is 39.8 Å². The van der Waals surface area contributed by atoms with Crippen LogP contribution in [-0.4, -0.2) is 4.98 Å². The highest BCUT2D eigenvalue weighted by Gasteiger charge is 2.15. The molecule has 0 aliphatic rings. The van der Waals surface area contributed by atoms with Gasteiger partial charge < -0.3 is 5.32 Å². The zero-order valence-corrected chi connectivity index (χ0v) is 13.7. The predicted octanol–water partition coefficient (Wildman–Crippen LogP) is 4.78. The smallest absolute Gasteiger partial charge is 0.129 e. The number of nitrogens with zero attached hydrogens (tertiary/aromatic N) is 1. The van der Waals surface area contributed by atoms with Gasteiger partial charge in [-0.05, 0) is 35.1 Å².